The quantitative estimate of drug-likeness (QED) is 0.860. The maximum atomic E-state index is 12.6. The molecule has 1 N–H and O–H groups in total. The van der Waals surface area contributed by atoms with Gasteiger partial charge in [0.05, 0.1) is 0 Å². The summed E-state index contributed by atoms with van der Waals surface area (Å²) in [6.45, 7) is 8.15. The van der Waals surface area contributed by atoms with Crippen molar-refractivity contribution < 1.29 is 4.79 Å². The summed E-state index contributed by atoms with van der Waals surface area (Å²) in [5.41, 5.74) is 2.61. The lowest BCUT2D eigenvalue weighted by atomic mass is 9.99. The van der Waals surface area contributed by atoms with Gasteiger partial charge >= 0.3 is 0 Å². The summed E-state index contributed by atoms with van der Waals surface area (Å²) in [6.07, 6.45) is 2.12. The first kappa shape index (κ1) is 19.6. The third-order valence-electron chi connectivity index (χ3n) is 5.96. The van der Waals surface area contributed by atoms with E-state index in [1.165, 1.54) is 5.69 Å². The minimum Gasteiger partial charge on any atom is -0.369 e. The Labute approximate surface area is 172 Å². The molecule has 2 fully saturated rings. The van der Waals surface area contributed by atoms with Crippen molar-refractivity contribution in [3.05, 3.63) is 42.1 Å². The van der Waals surface area contributed by atoms with Crippen LogP contribution in [0.5, 0.6) is 0 Å². The molecule has 0 radical (unpaired) electrons. The summed E-state index contributed by atoms with van der Waals surface area (Å²) >= 11 is 0. The van der Waals surface area contributed by atoms with Gasteiger partial charge in [-0.1, -0.05) is 6.92 Å². The largest absolute Gasteiger partial charge is 0.369 e. The topological polar surface area (TPSA) is 64.6 Å². The minimum atomic E-state index is -0.0209. The molecule has 4 rings (SSSR count). The van der Waals surface area contributed by atoms with E-state index in [0.29, 0.717) is 17.4 Å². The van der Waals surface area contributed by atoms with Crippen LogP contribution in [0.2, 0.25) is 0 Å². The minimum absolute atomic E-state index is 0.0209. The van der Waals surface area contributed by atoms with Gasteiger partial charge in [-0.3, -0.25) is 4.79 Å². The van der Waals surface area contributed by atoms with Crippen LogP contribution in [-0.2, 0) is 0 Å². The molecule has 154 valence electrons. The third-order valence-corrected chi connectivity index (χ3v) is 5.96. The number of amides is 1. The van der Waals surface area contributed by atoms with Crippen LogP contribution in [-0.4, -0.2) is 72.2 Å². The molecule has 0 unspecified atom stereocenters. The summed E-state index contributed by atoms with van der Waals surface area (Å²) in [4.78, 5) is 19.2. The summed E-state index contributed by atoms with van der Waals surface area (Å²) in [7, 11) is 2.16. The molecule has 0 bridgehead atoms. The van der Waals surface area contributed by atoms with Crippen LogP contribution in [0, 0.1) is 5.92 Å². The van der Waals surface area contributed by atoms with E-state index in [2.05, 4.69) is 63.6 Å². The van der Waals surface area contributed by atoms with Crippen LogP contribution in [0.15, 0.2) is 36.4 Å². The summed E-state index contributed by atoms with van der Waals surface area (Å²) in [5, 5.41) is 11.6. The van der Waals surface area contributed by atoms with Crippen LogP contribution in [0.4, 0.5) is 17.2 Å². The maximum Gasteiger partial charge on any atom is 0.274 e. The van der Waals surface area contributed by atoms with Gasteiger partial charge in [-0.25, -0.2) is 0 Å². The number of nitrogens with one attached hydrogen (secondary N) is 1. The lowest BCUT2D eigenvalue weighted by molar-refractivity contribution is 0.0690. The molecule has 2 aliphatic rings. The molecule has 1 aromatic carbocycles. The number of piperazine rings is 1. The highest BCUT2D eigenvalue weighted by molar-refractivity contribution is 5.92. The zero-order chi connectivity index (χ0) is 20.2. The number of hydrogen-bond donors (Lipinski definition) is 1. The molecule has 1 amide bonds. The van der Waals surface area contributed by atoms with Gasteiger partial charge in [0.1, 0.15) is 0 Å². The SMILES string of the molecule is CC1CCN(C(=O)c2ccc(Nc3ccc(N4CCN(C)CC4)cc3)nn2)CC1. The summed E-state index contributed by atoms with van der Waals surface area (Å²) in [5.74, 6) is 1.31. The molecule has 1 aromatic heterocycles. The highest BCUT2D eigenvalue weighted by atomic mass is 16.2. The normalized spacial score (nSPS) is 18.7. The highest BCUT2D eigenvalue weighted by Gasteiger charge is 2.22. The zero-order valence-electron chi connectivity index (χ0n) is 17.3. The van der Waals surface area contributed by atoms with Crippen molar-refractivity contribution >= 4 is 23.1 Å². The number of carbonyl (C=O) groups excluding carboxylic acids is 1. The number of anilines is 3. The van der Waals surface area contributed by atoms with Gasteiger partial charge in [-0.15, -0.1) is 10.2 Å². The lowest BCUT2D eigenvalue weighted by Gasteiger charge is -2.34. The number of likely N-dealkylation sites (N-methyl/N-ethyl adjacent to an activating group) is 1. The fraction of sp³-hybridized carbons (Fsp3) is 0.500. The molecule has 2 aliphatic heterocycles. The molecule has 0 saturated carbocycles. The Morgan fingerprint density at radius 2 is 1.62 bits per heavy atom. The van der Waals surface area contributed by atoms with E-state index in [1.54, 1.807) is 6.07 Å². The van der Waals surface area contributed by atoms with E-state index in [0.717, 1.165) is 57.8 Å². The average Bonchev–Trinajstić information content (AvgIpc) is 2.76. The van der Waals surface area contributed by atoms with E-state index >= 15 is 0 Å². The van der Waals surface area contributed by atoms with Gasteiger partial charge in [-0.05, 0) is 62.2 Å². The standard InChI is InChI=1S/C22H30N6O/c1-17-9-11-28(12-10-17)22(29)20-7-8-21(25-24-20)23-18-3-5-19(6-4-18)27-15-13-26(2)14-16-27/h3-8,17H,9-16H2,1-2H3,(H,23,25). The Kier molecular flexibility index (Phi) is 5.94. The molecule has 29 heavy (non-hydrogen) atoms. The van der Waals surface area contributed by atoms with Gasteiger partial charge in [0.2, 0.25) is 0 Å². The number of hydrogen-bond acceptors (Lipinski definition) is 6. The molecule has 2 aromatic rings. The Balaban J connectivity index is 1.34. The first-order chi connectivity index (χ1) is 14.1. The summed E-state index contributed by atoms with van der Waals surface area (Å²) in [6, 6.07) is 12.0. The van der Waals surface area contributed by atoms with Gasteiger partial charge in [-0.2, -0.15) is 0 Å². The number of aromatic nitrogens is 2. The molecule has 0 aliphatic carbocycles. The molecule has 3 heterocycles. The first-order valence-corrected chi connectivity index (χ1v) is 10.5. The number of carbonyl (C=O) groups is 1. The number of likely N-dealkylation sites (tertiary alicyclic amines) is 1. The van der Waals surface area contributed by atoms with Crippen LogP contribution in [0.25, 0.3) is 0 Å². The van der Waals surface area contributed by atoms with E-state index in [-0.39, 0.29) is 5.91 Å². The molecule has 7 nitrogen and oxygen atoms in total. The van der Waals surface area contributed by atoms with Crippen molar-refractivity contribution in [3.8, 4) is 0 Å². The third kappa shape index (κ3) is 4.85. The Morgan fingerprint density at radius 3 is 2.24 bits per heavy atom. The number of benzene rings is 1. The van der Waals surface area contributed by atoms with Gasteiger partial charge in [0.15, 0.2) is 11.5 Å². The molecule has 2 saturated heterocycles. The van der Waals surface area contributed by atoms with Crippen molar-refractivity contribution in [2.24, 2.45) is 5.92 Å². The van der Waals surface area contributed by atoms with Crippen LogP contribution in [0.1, 0.15) is 30.3 Å². The summed E-state index contributed by atoms with van der Waals surface area (Å²) < 4.78 is 0. The highest BCUT2D eigenvalue weighted by Crippen LogP contribution is 2.22. The fourth-order valence-electron chi connectivity index (χ4n) is 3.85. The van der Waals surface area contributed by atoms with Crippen LogP contribution < -0.4 is 10.2 Å². The molecule has 0 spiro atoms. The average molecular weight is 395 g/mol. The number of piperidine rings is 1. The van der Waals surface area contributed by atoms with E-state index in [4.69, 9.17) is 0 Å². The van der Waals surface area contributed by atoms with E-state index in [1.807, 2.05) is 11.0 Å². The molecule has 7 heteroatoms. The van der Waals surface area contributed by atoms with Crippen molar-refractivity contribution in [1.29, 1.82) is 0 Å². The zero-order valence-corrected chi connectivity index (χ0v) is 17.3. The second-order valence-electron chi connectivity index (χ2n) is 8.24. The maximum absolute atomic E-state index is 12.6. The molecule has 0 atom stereocenters. The van der Waals surface area contributed by atoms with Crippen molar-refractivity contribution in [2.75, 3.05) is 56.5 Å². The second kappa shape index (κ2) is 8.78. The Morgan fingerprint density at radius 1 is 0.931 bits per heavy atom. The Bertz CT molecular complexity index is 806. The van der Waals surface area contributed by atoms with Gasteiger partial charge in [0.25, 0.3) is 5.91 Å². The predicted molar refractivity (Wildman–Crippen MR) is 116 cm³/mol. The van der Waals surface area contributed by atoms with Gasteiger partial charge < -0.3 is 20.0 Å². The predicted octanol–water partition coefficient (Wildman–Crippen LogP) is 2.84. The smallest absolute Gasteiger partial charge is 0.274 e. The van der Waals surface area contributed by atoms with Crippen molar-refractivity contribution in [3.63, 3.8) is 0 Å². The van der Waals surface area contributed by atoms with Crippen molar-refractivity contribution in [2.45, 2.75) is 19.8 Å². The first-order valence-electron chi connectivity index (χ1n) is 10.5. The van der Waals surface area contributed by atoms with E-state index < -0.39 is 0 Å². The van der Waals surface area contributed by atoms with Crippen LogP contribution >= 0.6 is 0 Å². The second-order valence-corrected chi connectivity index (χ2v) is 8.24. The van der Waals surface area contributed by atoms with Crippen molar-refractivity contribution in [1.82, 2.24) is 20.0 Å². The van der Waals surface area contributed by atoms with Gasteiger partial charge in [0, 0.05) is 50.6 Å². The molecular weight excluding hydrogens is 364 g/mol. The fourth-order valence-corrected chi connectivity index (χ4v) is 3.85. The number of nitrogens with zero attached hydrogens (tertiary/aromatic N) is 5. The van der Waals surface area contributed by atoms with E-state index in [9.17, 15) is 4.79 Å². The molecular formula is C22H30N6O. The van der Waals surface area contributed by atoms with Crippen LogP contribution in [0.3, 0.4) is 0 Å². The number of rotatable bonds is 4. The Hall–Kier alpha value is -2.67. The lowest BCUT2D eigenvalue weighted by Crippen LogP contribution is -2.44. The monoisotopic (exact) mass is 394 g/mol.